The molecule has 1 aliphatic rings. The van der Waals surface area contributed by atoms with Crippen LogP contribution < -0.4 is 9.47 Å². The predicted molar refractivity (Wildman–Crippen MR) is 154 cm³/mol. The van der Waals surface area contributed by atoms with Gasteiger partial charge in [-0.05, 0) is 49.7 Å². The van der Waals surface area contributed by atoms with Gasteiger partial charge in [-0.25, -0.2) is 0 Å². The van der Waals surface area contributed by atoms with Crippen molar-refractivity contribution in [1.82, 2.24) is 0 Å². The van der Waals surface area contributed by atoms with E-state index in [4.69, 9.17) is 28.4 Å². The number of rotatable bonds is 12. The molecule has 1 aromatic carbocycles. The minimum Gasteiger partial charge on any atom is -0.487 e. The molecule has 1 heterocycles. The first-order valence-corrected chi connectivity index (χ1v) is 15.2. The standard InChI is InChI=1S/C32H56O6/c1-28(2)13-7-5-11-17-32(18-12-6-8-14-29(3)4)27-36-24-23-34-20-19-33-21-22-35-25-26-37-30-15-9-10-16-31(30)38-32/h9-10,15-16,28-29H,5-8,11-14,17-27H2,1-4H3. The number of fused-ring (bicyclic) bond motifs is 1. The van der Waals surface area contributed by atoms with Crippen LogP contribution in [0.1, 0.15) is 91.9 Å². The van der Waals surface area contributed by atoms with Crippen LogP contribution >= 0.6 is 0 Å². The maximum atomic E-state index is 6.93. The summed E-state index contributed by atoms with van der Waals surface area (Å²) in [5.74, 6) is 3.06. The molecule has 0 aromatic heterocycles. The average Bonchev–Trinajstić information content (AvgIpc) is 2.88. The third-order valence-electron chi connectivity index (χ3n) is 6.97. The van der Waals surface area contributed by atoms with Gasteiger partial charge in [-0.2, -0.15) is 0 Å². The Labute approximate surface area is 233 Å². The third-order valence-corrected chi connectivity index (χ3v) is 6.97. The van der Waals surface area contributed by atoms with Crippen LogP contribution in [0.5, 0.6) is 11.5 Å². The van der Waals surface area contributed by atoms with E-state index in [-0.39, 0.29) is 5.60 Å². The van der Waals surface area contributed by atoms with E-state index >= 15 is 0 Å². The highest BCUT2D eigenvalue weighted by Crippen LogP contribution is 2.35. The van der Waals surface area contributed by atoms with Gasteiger partial charge in [0.15, 0.2) is 11.5 Å². The predicted octanol–water partition coefficient (Wildman–Crippen LogP) is 7.48. The van der Waals surface area contributed by atoms with E-state index in [2.05, 4.69) is 27.7 Å². The Morgan fingerprint density at radius 3 is 1.58 bits per heavy atom. The molecule has 0 bridgehead atoms. The molecule has 1 aromatic rings. The Morgan fingerprint density at radius 1 is 0.579 bits per heavy atom. The summed E-state index contributed by atoms with van der Waals surface area (Å²) in [4.78, 5) is 0. The monoisotopic (exact) mass is 536 g/mol. The van der Waals surface area contributed by atoms with Gasteiger partial charge in [-0.15, -0.1) is 0 Å². The van der Waals surface area contributed by atoms with Crippen LogP contribution in [-0.2, 0) is 18.9 Å². The van der Waals surface area contributed by atoms with Gasteiger partial charge in [-0.3, -0.25) is 0 Å². The topological polar surface area (TPSA) is 55.4 Å². The van der Waals surface area contributed by atoms with Gasteiger partial charge < -0.3 is 28.4 Å². The van der Waals surface area contributed by atoms with Crippen molar-refractivity contribution in [2.45, 2.75) is 97.5 Å². The lowest BCUT2D eigenvalue weighted by atomic mass is 9.89. The second-order valence-corrected chi connectivity index (χ2v) is 11.5. The molecule has 0 spiro atoms. The fraction of sp³-hybridized carbons (Fsp3) is 0.812. The van der Waals surface area contributed by atoms with Gasteiger partial charge in [0.1, 0.15) is 12.2 Å². The zero-order valence-electron chi connectivity index (χ0n) is 24.8. The van der Waals surface area contributed by atoms with Gasteiger partial charge in [0, 0.05) is 0 Å². The zero-order valence-corrected chi connectivity index (χ0v) is 24.8. The molecule has 38 heavy (non-hydrogen) atoms. The molecule has 0 saturated heterocycles. The van der Waals surface area contributed by atoms with E-state index in [1.54, 1.807) is 0 Å². The van der Waals surface area contributed by atoms with Gasteiger partial charge >= 0.3 is 0 Å². The van der Waals surface area contributed by atoms with Crippen molar-refractivity contribution in [1.29, 1.82) is 0 Å². The van der Waals surface area contributed by atoms with Crippen molar-refractivity contribution >= 4 is 0 Å². The van der Waals surface area contributed by atoms with E-state index in [0.717, 1.165) is 49.0 Å². The molecule has 0 amide bonds. The third kappa shape index (κ3) is 15.3. The van der Waals surface area contributed by atoms with Crippen LogP contribution in [-0.4, -0.2) is 65.1 Å². The first-order chi connectivity index (χ1) is 18.5. The Morgan fingerprint density at radius 2 is 1.05 bits per heavy atom. The van der Waals surface area contributed by atoms with Crippen LogP contribution in [0.4, 0.5) is 0 Å². The Hall–Kier alpha value is -1.34. The van der Waals surface area contributed by atoms with Crippen LogP contribution in [0.2, 0.25) is 0 Å². The smallest absolute Gasteiger partial charge is 0.162 e. The van der Waals surface area contributed by atoms with E-state index in [9.17, 15) is 0 Å². The number of ether oxygens (including phenoxy) is 6. The van der Waals surface area contributed by atoms with E-state index < -0.39 is 0 Å². The Balaban J connectivity index is 2.15. The maximum absolute atomic E-state index is 6.93. The first kappa shape index (κ1) is 32.9. The van der Waals surface area contributed by atoms with Crippen molar-refractivity contribution in [2.24, 2.45) is 11.8 Å². The molecular formula is C32H56O6. The molecule has 0 unspecified atom stereocenters. The highest BCUT2D eigenvalue weighted by molar-refractivity contribution is 5.40. The minimum absolute atomic E-state index is 0.389. The molecule has 6 nitrogen and oxygen atoms in total. The van der Waals surface area contributed by atoms with Crippen molar-refractivity contribution in [3.8, 4) is 11.5 Å². The number of para-hydroxylation sites is 2. The highest BCUT2D eigenvalue weighted by atomic mass is 16.6. The van der Waals surface area contributed by atoms with Crippen molar-refractivity contribution in [3.63, 3.8) is 0 Å². The molecule has 0 atom stereocenters. The summed E-state index contributed by atoms with van der Waals surface area (Å²) in [6.07, 6.45) is 11.7. The Kier molecular flexibility index (Phi) is 17.8. The first-order valence-electron chi connectivity index (χ1n) is 15.2. The lowest BCUT2D eigenvalue weighted by Crippen LogP contribution is -2.42. The summed E-state index contributed by atoms with van der Waals surface area (Å²) >= 11 is 0. The maximum Gasteiger partial charge on any atom is 0.162 e. The lowest BCUT2D eigenvalue weighted by molar-refractivity contribution is -0.0600. The number of hydrogen-bond acceptors (Lipinski definition) is 6. The Bertz CT molecular complexity index is 674. The van der Waals surface area contributed by atoms with Gasteiger partial charge in [-0.1, -0.05) is 78.4 Å². The van der Waals surface area contributed by atoms with Crippen molar-refractivity contribution in [3.05, 3.63) is 24.3 Å². The van der Waals surface area contributed by atoms with Crippen LogP contribution in [0, 0.1) is 11.8 Å². The lowest BCUT2D eigenvalue weighted by Gasteiger charge is -2.35. The summed E-state index contributed by atoms with van der Waals surface area (Å²) in [5, 5.41) is 0. The molecule has 0 aliphatic carbocycles. The molecule has 0 N–H and O–H groups in total. The average molecular weight is 537 g/mol. The quantitative estimate of drug-likeness (QED) is 0.258. The normalized spacial score (nSPS) is 18.3. The number of benzene rings is 1. The summed E-state index contributed by atoms with van der Waals surface area (Å²) in [5.41, 5.74) is -0.389. The van der Waals surface area contributed by atoms with Gasteiger partial charge in [0.2, 0.25) is 0 Å². The fourth-order valence-corrected chi connectivity index (χ4v) is 4.77. The van der Waals surface area contributed by atoms with Crippen molar-refractivity contribution < 1.29 is 28.4 Å². The van der Waals surface area contributed by atoms with Crippen LogP contribution in [0.25, 0.3) is 0 Å². The zero-order chi connectivity index (χ0) is 27.3. The van der Waals surface area contributed by atoms with Crippen LogP contribution in [0.15, 0.2) is 24.3 Å². The molecule has 6 heteroatoms. The molecule has 1 aliphatic heterocycles. The van der Waals surface area contributed by atoms with E-state index in [1.165, 1.54) is 38.5 Å². The van der Waals surface area contributed by atoms with Crippen molar-refractivity contribution in [2.75, 3.05) is 59.5 Å². The van der Waals surface area contributed by atoms with E-state index in [0.29, 0.717) is 59.5 Å². The second kappa shape index (κ2) is 20.5. The van der Waals surface area contributed by atoms with Gasteiger partial charge in [0.05, 0.1) is 52.9 Å². The summed E-state index contributed by atoms with van der Waals surface area (Å²) in [6.45, 7) is 14.1. The molecule has 0 fully saturated rings. The highest BCUT2D eigenvalue weighted by Gasteiger charge is 2.33. The van der Waals surface area contributed by atoms with Gasteiger partial charge in [0.25, 0.3) is 0 Å². The van der Waals surface area contributed by atoms with E-state index in [1.807, 2.05) is 24.3 Å². The number of hydrogen-bond donors (Lipinski definition) is 0. The van der Waals surface area contributed by atoms with Crippen LogP contribution in [0.3, 0.4) is 0 Å². The largest absolute Gasteiger partial charge is 0.487 e. The summed E-state index contributed by atoms with van der Waals surface area (Å²) < 4.78 is 36.3. The summed E-state index contributed by atoms with van der Waals surface area (Å²) in [7, 11) is 0. The molecular weight excluding hydrogens is 480 g/mol. The summed E-state index contributed by atoms with van der Waals surface area (Å²) in [6, 6.07) is 8.03. The second-order valence-electron chi connectivity index (χ2n) is 11.5. The molecule has 0 radical (unpaired) electrons. The molecule has 0 saturated carbocycles. The fourth-order valence-electron chi connectivity index (χ4n) is 4.77. The molecule has 2 rings (SSSR count). The SMILES string of the molecule is CC(C)CCCCCC1(CCCCCC(C)C)COCCOCCOCCOCCOc2ccccc2O1. The molecule has 220 valence electrons. The number of unbranched alkanes of at least 4 members (excludes halogenated alkanes) is 4. The minimum atomic E-state index is -0.389.